The van der Waals surface area contributed by atoms with Gasteiger partial charge >= 0.3 is 0 Å². The van der Waals surface area contributed by atoms with Crippen molar-refractivity contribution in [1.82, 2.24) is 10.2 Å². The minimum atomic E-state index is 0.877. The van der Waals surface area contributed by atoms with Crippen LogP contribution in [0.4, 0.5) is 0 Å². The van der Waals surface area contributed by atoms with Crippen molar-refractivity contribution in [3.8, 4) is 0 Å². The maximum absolute atomic E-state index is 3.57. The third-order valence-electron chi connectivity index (χ3n) is 5.85. The normalized spacial score (nSPS) is 31.2. The van der Waals surface area contributed by atoms with E-state index in [1.807, 2.05) is 0 Å². The van der Waals surface area contributed by atoms with Crippen LogP contribution >= 0.6 is 0 Å². The second-order valence-electron chi connectivity index (χ2n) is 7.65. The molecule has 118 valence electrons. The van der Waals surface area contributed by atoms with E-state index in [0.717, 1.165) is 23.7 Å². The van der Waals surface area contributed by atoms with Crippen LogP contribution < -0.4 is 5.32 Å². The quantitative estimate of drug-likeness (QED) is 0.824. The number of rotatable bonds is 5. The Hall–Kier alpha value is -0.0800. The first-order valence-electron chi connectivity index (χ1n) is 9.10. The molecular weight excluding hydrogens is 244 g/mol. The molecule has 2 heterocycles. The van der Waals surface area contributed by atoms with Gasteiger partial charge in [-0.15, -0.1) is 0 Å². The van der Waals surface area contributed by atoms with Crippen molar-refractivity contribution in [3.05, 3.63) is 0 Å². The maximum Gasteiger partial charge on any atom is -0.00160 e. The van der Waals surface area contributed by atoms with Crippen molar-refractivity contribution in [2.75, 3.05) is 32.7 Å². The van der Waals surface area contributed by atoms with E-state index in [1.54, 1.807) is 0 Å². The molecule has 2 fully saturated rings. The summed E-state index contributed by atoms with van der Waals surface area (Å²) in [6.45, 7) is 13.8. The second-order valence-corrected chi connectivity index (χ2v) is 7.65. The van der Waals surface area contributed by atoms with Crippen molar-refractivity contribution in [2.24, 2.45) is 23.7 Å². The minimum Gasteiger partial charge on any atom is -0.316 e. The van der Waals surface area contributed by atoms with Gasteiger partial charge in [-0.3, -0.25) is 0 Å². The van der Waals surface area contributed by atoms with E-state index in [1.165, 1.54) is 71.2 Å². The van der Waals surface area contributed by atoms with E-state index < -0.39 is 0 Å². The monoisotopic (exact) mass is 280 g/mol. The van der Waals surface area contributed by atoms with Gasteiger partial charge in [-0.25, -0.2) is 0 Å². The van der Waals surface area contributed by atoms with Gasteiger partial charge in [-0.2, -0.15) is 0 Å². The zero-order valence-corrected chi connectivity index (χ0v) is 14.0. The van der Waals surface area contributed by atoms with Crippen LogP contribution in [0.25, 0.3) is 0 Å². The highest BCUT2D eigenvalue weighted by molar-refractivity contribution is 4.76. The van der Waals surface area contributed by atoms with Crippen LogP contribution in [0.1, 0.15) is 59.3 Å². The van der Waals surface area contributed by atoms with Gasteiger partial charge in [-0.1, -0.05) is 20.8 Å². The summed E-state index contributed by atoms with van der Waals surface area (Å²) < 4.78 is 0. The van der Waals surface area contributed by atoms with E-state index in [2.05, 4.69) is 31.0 Å². The van der Waals surface area contributed by atoms with Gasteiger partial charge in [0.05, 0.1) is 0 Å². The van der Waals surface area contributed by atoms with Gasteiger partial charge in [0.1, 0.15) is 0 Å². The average Bonchev–Trinajstić information content (AvgIpc) is 2.71. The van der Waals surface area contributed by atoms with Gasteiger partial charge < -0.3 is 10.2 Å². The fourth-order valence-corrected chi connectivity index (χ4v) is 4.06. The Balaban J connectivity index is 1.68. The number of nitrogens with zero attached hydrogens (tertiary/aromatic N) is 1. The molecule has 0 aromatic carbocycles. The summed E-state index contributed by atoms with van der Waals surface area (Å²) >= 11 is 0. The van der Waals surface area contributed by atoms with Crippen LogP contribution in [0, 0.1) is 23.7 Å². The Morgan fingerprint density at radius 3 is 2.50 bits per heavy atom. The first-order valence-corrected chi connectivity index (χ1v) is 9.10. The molecule has 2 saturated heterocycles. The molecule has 0 aliphatic carbocycles. The third kappa shape index (κ3) is 5.04. The predicted molar refractivity (Wildman–Crippen MR) is 88.0 cm³/mol. The standard InChI is InChI=1S/C18H36N2/c1-15(2)17-7-5-11-20(13-9-17)12-8-16(3)18-6-4-10-19-14-18/h15-19H,4-14H2,1-3H3. The fourth-order valence-electron chi connectivity index (χ4n) is 4.06. The third-order valence-corrected chi connectivity index (χ3v) is 5.85. The van der Waals surface area contributed by atoms with Crippen LogP contribution in [0.5, 0.6) is 0 Å². The second kappa shape index (κ2) is 8.38. The summed E-state index contributed by atoms with van der Waals surface area (Å²) in [7, 11) is 0. The summed E-state index contributed by atoms with van der Waals surface area (Å²) in [6.07, 6.45) is 8.53. The van der Waals surface area contributed by atoms with Gasteiger partial charge in [0.15, 0.2) is 0 Å². The Bertz CT molecular complexity index is 258. The van der Waals surface area contributed by atoms with Crippen LogP contribution in [-0.2, 0) is 0 Å². The lowest BCUT2D eigenvalue weighted by Gasteiger charge is -2.30. The van der Waals surface area contributed by atoms with Gasteiger partial charge in [-0.05, 0) is 94.9 Å². The fraction of sp³-hybridized carbons (Fsp3) is 1.00. The van der Waals surface area contributed by atoms with Crippen molar-refractivity contribution >= 4 is 0 Å². The molecule has 0 spiro atoms. The lowest BCUT2D eigenvalue weighted by Crippen LogP contribution is -2.35. The zero-order valence-electron chi connectivity index (χ0n) is 14.0. The van der Waals surface area contributed by atoms with Crippen molar-refractivity contribution in [1.29, 1.82) is 0 Å². The molecule has 2 aliphatic rings. The molecule has 2 aliphatic heterocycles. The number of hydrogen-bond donors (Lipinski definition) is 1. The molecular formula is C18H36N2. The van der Waals surface area contributed by atoms with Crippen LogP contribution in [-0.4, -0.2) is 37.6 Å². The largest absolute Gasteiger partial charge is 0.316 e. The van der Waals surface area contributed by atoms with Gasteiger partial charge in [0.2, 0.25) is 0 Å². The lowest BCUT2D eigenvalue weighted by atomic mass is 9.85. The highest BCUT2D eigenvalue weighted by Gasteiger charge is 2.22. The molecule has 0 aromatic rings. The molecule has 3 unspecified atom stereocenters. The van der Waals surface area contributed by atoms with Gasteiger partial charge in [0.25, 0.3) is 0 Å². The van der Waals surface area contributed by atoms with E-state index >= 15 is 0 Å². The van der Waals surface area contributed by atoms with Crippen LogP contribution in [0.15, 0.2) is 0 Å². The Labute approximate surface area is 126 Å². The minimum absolute atomic E-state index is 0.877. The smallest absolute Gasteiger partial charge is 0.00160 e. The molecule has 1 N–H and O–H groups in total. The molecule has 20 heavy (non-hydrogen) atoms. The van der Waals surface area contributed by atoms with Crippen molar-refractivity contribution in [3.63, 3.8) is 0 Å². The summed E-state index contributed by atoms with van der Waals surface area (Å²) in [4.78, 5) is 2.75. The summed E-state index contributed by atoms with van der Waals surface area (Å²) in [6, 6.07) is 0. The molecule has 0 saturated carbocycles. The molecule has 2 heteroatoms. The highest BCUT2D eigenvalue weighted by atomic mass is 15.1. The first kappa shape index (κ1) is 16.3. The molecule has 0 aromatic heterocycles. The van der Waals surface area contributed by atoms with Gasteiger partial charge in [0, 0.05) is 0 Å². The Morgan fingerprint density at radius 1 is 1.00 bits per heavy atom. The lowest BCUT2D eigenvalue weighted by molar-refractivity contribution is 0.213. The Kier molecular flexibility index (Phi) is 6.83. The number of piperidine rings is 1. The van der Waals surface area contributed by atoms with E-state index in [-0.39, 0.29) is 0 Å². The number of nitrogens with one attached hydrogen (secondary N) is 1. The summed E-state index contributed by atoms with van der Waals surface area (Å²) in [5.74, 6) is 3.67. The molecule has 3 atom stereocenters. The molecule has 2 rings (SSSR count). The molecule has 0 radical (unpaired) electrons. The molecule has 0 bridgehead atoms. The first-order chi connectivity index (χ1) is 9.66. The molecule has 2 nitrogen and oxygen atoms in total. The number of hydrogen-bond acceptors (Lipinski definition) is 2. The van der Waals surface area contributed by atoms with Crippen LogP contribution in [0.3, 0.4) is 0 Å². The Morgan fingerprint density at radius 2 is 1.80 bits per heavy atom. The van der Waals surface area contributed by atoms with Crippen LogP contribution in [0.2, 0.25) is 0 Å². The average molecular weight is 281 g/mol. The van der Waals surface area contributed by atoms with E-state index in [0.29, 0.717) is 0 Å². The predicted octanol–water partition coefficient (Wildman–Crippen LogP) is 3.77. The summed E-state index contributed by atoms with van der Waals surface area (Å²) in [5, 5.41) is 3.57. The van der Waals surface area contributed by atoms with E-state index in [9.17, 15) is 0 Å². The topological polar surface area (TPSA) is 15.3 Å². The SMILES string of the molecule is CC(C)C1CCCN(CCC(C)C2CCCNC2)CC1. The van der Waals surface area contributed by atoms with E-state index in [4.69, 9.17) is 0 Å². The van der Waals surface area contributed by atoms with Crippen molar-refractivity contribution < 1.29 is 0 Å². The zero-order chi connectivity index (χ0) is 14.4. The molecule has 0 amide bonds. The number of likely N-dealkylation sites (tertiary alicyclic amines) is 1. The highest BCUT2D eigenvalue weighted by Crippen LogP contribution is 2.26. The van der Waals surface area contributed by atoms with Crippen molar-refractivity contribution in [2.45, 2.75) is 59.3 Å². The maximum atomic E-state index is 3.57. The summed E-state index contributed by atoms with van der Waals surface area (Å²) in [5.41, 5.74) is 0.